The van der Waals surface area contributed by atoms with E-state index >= 15 is 0 Å². The minimum Gasteiger partial charge on any atom is -0.497 e. The number of hydrogen-bond donors (Lipinski definition) is 2. The SMILES string of the molecule is COc1ccc(NC(=O)c2cncc(C(=O)NCC3CCCO3)c2)cc1. The molecular formula is C19H21N3O4. The Bertz CT molecular complexity index is 771. The van der Waals surface area contributed by atoms with E-state index in [1.807, 2.05) is 0 Å². The Balaban J connectivity index is 1.61. The number of amides is 2. The number of aromatic nitrogens is 1. The van der Waals surface area contributed by atoms with Crippen molar-refractivity contribution in [3.05, 3.63) is 53.9 Å². The van der Waals surface area contributed by atoms with Gasteiger partial charge in [-0.2, -0.15) is 0 Å². The molecule has 1 saturated heterocycles. The van der Waals surface area contributed by atoms with E-state index in [-0.39, 0.29) is 17.9 Å². The lowest BCUT2D eigenvalue weighted by Crippen LogP contribution is -2.32. The zero-order valence-corrected chi connectivity index (χ0v) is 14.5. The van der Waals surface area contributed by atoms with Gasteiger partial charge >= 0.3 is 0 Å². The Morgan fingerprint density at radius 2 is 1.92 bits per heavy atom. The predicted octanol–water partition coefficient (Wildman–Crippen LogP) is 2.25. The van der Waals surface area contributed by atoms with Gasteiger partial charge in [-0.25, -0.2) is 0 Å². The van der Waals surface area contributed by atoms with Crippen LogP contribution in [0.4, 0.5) is 5.69 Å². The molecule has 1 aliphatic heterocycles. The van der Waals surface area contributed by atoms with Crippen molar-refractivity contribution in [2.45, 2.75) is 18.9 Å². The molecule has 1 aromatic carbocycles. The molecule has 0 bridgehead atoms. The van der Waals surface area contributed by atoms with E-state index in [1.165, 1.54) is 18.5 Å². The molecule has 0 spiro atoms. The van der Waals surface area contributed by atoms with Crippen molar-refractivity contribution in [2.24, 2.45) is 0 Å². The first kappa shape index (κ1) is 17.9. The van der Waals surface area contributed by atoms with Crippen LogP contribution >= 0.6 is 0 Å². The number of carbonyl (C=O) groups excluding carboxylic acids is 2. The number of ether oxygens (including phenoxy) is 2. The third kappa shape index (κ3) is 4.58. The Labute approximate surface area is 151 Å². The van der Waals surface area contributed by atoms with Gasteiger partial charge in [0.05, 0.1) is 24.3 Å². The first-order valence-electron chi connectivity index (χ1n) is 8.46. The zero-order valence-electron chi connectivity index (χ0n) is 14.5. The lowest BCUT2D eigenvalue weighted by Gasteiger charge is -2.11. The molecule has 1 atom stereocenters. The van der Waals surface area contributed by atoms with Gasteiger partial charge in [0.1, 0.15) is 5.75 Å². The molecule has 0 aliphatic carbocycles. The molecule has 0 radical (unpaired) electrons. The molecule has 2 heterocycles. The van der Waals surface area contributed by atoms with Crippen LogP contribution in [0.5, 0.6) is 5.75 Å². The first-order chi connectivity index (χ1) is 12.7. The Morgan fingerprint density at radius 3 is 2.58 bits per heavy atom. The number of nitrogens with zero attached hydrogens (tertiary/aromatic N) is 1. The monoisotopic (exact) mass is 355 g/mol. The summed E-state index contributed by atoms with van der Waals surface area (Å²) in [5.74, 6) is 0.0955. The van der Waals surface area contributed by atoms with Gasteiger partial charge in [0.2, 0.25) is 0 Å². The topological polar surface area (TPSA) is 89.5 Å². The van der Waals surface area contributed by atoms with E-state index < -0.39 is 0 Å². The summed E-state index contributed by atoms with van der Waals surface area (Å²) in [4.78, 5) is 28.6. The highest BCUT2D eigenvalue weighted by Crippen LogP contribution is 2.16. The predicted molar refractivity (Wildman–Crippen MR) is 96.5 cm³/mol. The smallest absolute Gasteiger partial charge is 0.257 e. The van der Waals surface area contributed by atoms with Gasteiger partial charge < -0.3 is 20.1 Å². The number of benzene rings is 1. The number of nitrogens with one attached hydrogen (secondary N) is 2. The zero-order chi connectivity index (χ0) is 18.4. The number of methoxy groups -OCH3 is 1. The van der Waals surface area contributed by atoms with E-state index in [0.29, 0.717) is 29.1 Å². The van der Waals surface area contributed by atoms with Crippen LogP contribution in [0.15, 0.2) is 42.7 Å². The maximum Gasteiger partial charge on any atom is 0.257 e. The molecule has 2 amide bonds. The Hall–Kier alpha value is -2.93. The minimum atomic E-state index is -0.337. The second kappa shape index (κ2) is 8.44. The summed E-state index contributed by atoms with van der Waals surface area (Å²) in [7, 11) is 1.58. The molecule has 2 aromatic rings. The first-order valence-corrected chi connectivity index (χ1v) is 8.46. The highest BCUT2D eigenvalue weighted by Gasteiger charge is 2.17. The van der Waals surface area contributed by atoms with Crippen LogP contribution in [0.25, 0.3) is 0 Å². The summed E-state index contributed by atoms with van der Waals surface area (Å²) in [6, 6.07) is 8.51. The van der Waals surface area contributed by atoms with Crippen LogP contribution in [0.3, 0.4) is 0 Å². The van der Waals surface area contributed by atoms with Crippen molar-refractivity contribution in [3.63, 3.8) is 0 Å². The highest BCUT2D eigenvalue weighted by atomic mass is 16.5. The lowest BCUT2D eigenvalue weighted by molar-refractivity contribution is 0.0857. The third-order valence-corrected chi connectivity index (χ3v) is 4.12. The molecule has 1 aromatic heterocycles. The molecular weight excluding hydrogens is 334 g/mol. The van der Waals surface area contributed by atoms with Gasteiger partial charge in [-0.1, -0.05) is 0 Å². The molecule has 1 fully saturated rings. The number of hydrogen-bond acceptors (Lipinski definition) is 5. The Morgan fingerprint density at radius 1 is 1.19 bits per heavy atom. The number of carbonyl (C=O) groups is 2. The molecule has 1 unspecified atom stereocenters. The van der Waals surface area contributed by atoms with Crippen molar-refractivity contribution in [2.75, 3.05) is 25.6 Å². The van der Waals surface area contributed by atoms with E-state index in [4.69, 9.17) is 9.47 Å². The normalized spacial score (nSPS) is 16.1. The second-order valence-electron chi connectivity index (χ2n) is 5.99. The molecule has 7 nitrogen and oxygen atoms in total. The molecule has 26 heavy (non-hydrogen) atoms. The third-order valence-electron chi connectivity index (χ3n) is 4.12. The quantitative estimate of drug-likeness (QED) is 0.830. The summed E-state index contributed by atoms with van der Waals surface area (Å²) in [6.07, 6.45) is 4.89. The average Bonchev–Trinajstić information content (AvgIpc) is 3.20. The lowest BCUT2D eigenvalue weighted by atomic mass is 10.1. The van der Waals surface area contributed by atoms with Gasteiger partial charge in [-0.15, -0.1) is 0 Å². The Kier molecular flexibility index (Phi) is 5.80. The van der Waals surface area contributed by atoms with Gasteiger partial charge in [0.15, 0.2) is 0 Å². The van der Waals surface area contributed by atoms with Crippen molar-refractivity contribution in [1.29, 1.82) is 0 Å². The fraction of sp³-hybridized carbons (Fsp3) is 0.316. The molecule has 0 saturated carbocycles. The van der Waals surface area contributed by atoms with Crippen molar-refractivity contribution < 1.29 is 19.1 Å². The van der Waals surface area contributed by atoms with E-state index in [2.05, 4.69) is 15.6 Å². The van der Waals surface area contributed by atoms with Crippen LogP contribution in [-0.4, -0.2) is 43.2 Å². The molecule has 2 N–H and O–H groups in total. The molecule has 1 aliphatic rings. The largest absolute Gasteiger partial charge is 0.497 e. The summed E-state index contributed by atoms with van der Waals surface area (Å²) < 4.78 is 10.6. The van der Waals surface area contributed by atoms with Gasteiger partial charge in [-0.3, -0.25) is 14.6 Å². The fourth-order valence-electron chi connectivity index (χ4n) is 2.68. The van der Waals surface area contributed by atoms with Gasteiger partial charge in [-0.05, 0) is 43.2 Å². The van der Waals surface area contributed by atoms with Crippen molar-refractivity contribution >= 4 is 17.5 Å². The van der Waals surface area contributed by atoms with Crippen LogP contribution in [0.2, 0.25) is 0 Å². The van der Waals surface area contributed by atoms with E-state index in [0.717, 1.165) is 19.4 Å². The summed E-state index contributed by atoms with van der Waals surface area (Å²) in [5.41, 5.74) is 1.28. The van der Waals surface area contributed by atoms with Crippen LogP contribution < -0.4 is 15.4 Å². The maximum absolute atomic E-state index is 12.4. The molecule has 136 valence electrons. The molecule has 3 rings (SSSR count). The van der Waals surface area contributed by atoms with Crippen LogP contribution in [0, 0.1) is 0 Å². The van der Waals surface area contributed by atoms with Crippen LogP contribution in [-0.2, 0) is 4.74 Å². The highest BCUT2D eigenvalue weighted by molar-refractivity contribution is 6.05. The van der Waals surface area contributed by atoms with Crippen molar-refractivity contribution in [1.82, 2.24) is 10.3 Å². The van der Waals surface area contributed by atoms with Gasteiger partial charge in [0.25, 0.3) is 11.8 Å². The second-order valence-corrected chi connectivity index (χ2v) is 5.99. The van der Waals surface area contributed by atoms with Crippen molar-refractivity contribution in [3.8, 4) is 5.75 Å². The van der Waals surface area contributed by atoms with Gasteiger partial charge in [0, 0.05) is 31.2 Å². The summed E-state index contributed by atoms with van der Waals surface area (Å²) in [6.45, 7) is 1.20. The summed E-state index contributed by atoms with van der Waals surface area (Å²) in [5, 5.41) is 5.59. The standard InChI is InChI=1S/C19H21N3O4/c1-25-16-6-4-15(5-7-16)22-19(24)14-9-13(10-20-11-14)18(23)21-12-17-3-2-8-26-17/h4-7,9-11,17H,2-3,8,12H2,1H3,(H,21,23)(H,22,24). The van der Waals surface area contributed by atoms with E-state index in [1.54, 1.807) is 31.4 Å². The molecule has 7 heteroatoms. The minimum absolute atomic E-state index is 0.0634. The summed E-state index contributed by atoms with van der Waals surface area (Å²) >= 11 is 0. The number of anilines is 1. The fourth-order valence-corrected chi connectivity index (χ4v) is 2.68. The van der Waals surface area contributed by atoms with E-state index in [9.17, 15) is 9.59 Å². The number of pyridine rings is 1. The van der Waals surface area contributed by atoms with Crippen LogP contribution in [0.1, 0.15) is 33.6 Å². The number of rotatable bonds is 6. The average molecular weight is 355 g/mol. The maximum atomic E-state index is 12.4.